The van der Waals surface area contributed by atoms with Gasteiger partial charge in [-0.2, -0.15) is 0 Å². The molecule has 2 N–H and O–H groups in total. The second-order valence-corrected chi connectivity index (χ2v) is 10.5. The van der Waals surface area contributed by atoms with Gasteiger partial charge in [0.25, 0.3) is 0 Å². The lowest BCUT2D eigenvalue weighted by molar-refractivity contribution is 0.157. The number of benzene rings is 1. The summed E-state index contributed by atoms with van der Waals surface area (Å²) >= 11 is 0. The van der Waals surface area contributed by atoms with Crippen LogP contribution < -0.4 is 15.7 Å². The molecule has 5 rings (SSSR count). The number of nitrogens with zero attached hydrogens (tertiary/aromatic N) is 2. The Morgan fingerprint density at radius 2 is 2.07 bits per heavy atom. The molecule has 2 aliphatic heterocycles. The molecular weight excluding hydrogens is 408 g/mol. The molecule has 4 heterocycles. The van der Waals surface area contributed by atoms with Crippen LogP contribution in [-0.2, 0) is 9.84 Å². The van der Waals surface area contributed by atoms with Crippen LogP contribution in [0.25, 0.3) is 22.2 Å². The topological polar surface area (TPSA) is 119 Å². The van der Waals surface area contributed by atoms with Crippen LogP contribution in [0.15, 0.2) is 21.5 Å². The number of rotatable bonds is 3. The molecule has 2 aliphatic rings. The van der Waals surface area contributed by atoms with Crippen LogP contribution in [0.1, 0.15) is 36.8 Å². The molecule has 10 heteroatoms. The monoisotopic (exact) mass is 432 g/mol. The molecule has 160 valence electrons. The van der Waals surface area contributed by atoms with Gasteiger partial charge in [-0.15, -0.1) is 0 Å². The summed E-state index contributed by atoms with van der Waals surface area (Å²) < 4.78 is 39.0. The number of sulfone groups is 1. The third kappa shape index (κ3) is 2.53. The minimum absolute atomic E-state index is 0.0698. The van der Waals surface area contributed by atoms with Gasteiger partial charge in [-0.25, -0.2) is 13.2 Å². The van der Waals surface area contributed by atoms with Gasteiger partial charge in [0.2, 0.25) is 0 Å². The Labute approximate surface area is 173 Å². The van der Waals surface area contributed by atoms with E-state index in [0.717, 1.165) is 29.7 Å². The fourth-order valence-corrected chi connectivity index (χ4v) is 6.57. The van der Waals surface area contributed by atoms with E-state index in [-0.39, 0.29) is 12.3 Å². The number of hydrogen-bond acceptors (Lipinski definition) is 7. The Bertz CT molecular complexity index is 1290. The summed E-state index contributed by atoms with van der Waals surface area (Å²) in [4.78, 5) is 14.6. The van der Waals surface area contributed by atoms with Crippen molar-refractivity contribution in [3.63, 3.8) is 0 Å². The maximum Gasteiger partial charge on any atom is 0.327 e. The summed E-state index contributed by atoms with van der Waals surface area (Å²) in [5.74, 6) is 1.19. The van der Waals surface area contributed by atoms with Crippen molar-refractivity contribution in [2.24, 2.45) is 0 Å². The van der Waals surface area contributed by atoms with Gasteiger partial charge in [-0.05, 0) is 51.8 Å². The number of ether oxygens (including phenoxy) is 1. The molecule has 0 aliphatic carbocycles. The lowest BCUT2D eigenvalue weighted by atomic mass is 9.95. The highest BCUT2D eigenvalue weighted by molar-refractivity contribution is 7.92. The molecule has 0 radical (unpaired) electrons. The van der Waals surface area contributed by atoms with E-state index in [1.54, 1.807) is 4.57 Å². The first-order valence-electron chi connectivity index (χ1n) is 10.0. The lowest BCUT2D eigenvalue weighted by Gasteiger charge is -2.44. The van der Waals surface area contributed by atoms with Gasteiger partial charge in [-0.1, -0.05) is 5.16 Å². The van der Waals surface area contributed by atoms with Crippen LogP contribution in [-0.4, -0.2) is 47.4 Å². The number of H-pyrrole nitrogens is 1. The first-order valence-corrected chi connectivity index (χ1v) is 11.9. The van der Waals surface area contributed by atoms with E-state index in [4.69, 9.17) is 9.26 Å². The predicted molar refractivity (Wildman–Crippen MR) is 111 cm³/mol. The molecule has 2 unspecified atom stereocenters. The SMILES string of the molecule is Cc1noc(C)c1-c1ccc2[nH]c(=O)n3c2c1OCC3C1(S(C)(=O)=O)CCCCN1. The molecule has 0 bridgehead atoms. The third-order valence-electron chi connectivity index (χ3n) is 6.43. The van der Waals surface area contributed by atoms with Crippen molar-refractivity contribution in [2.75, 3.05) is 19.4 Å². The van der Waals surface area contributed by atoms with Crippen LogP contribution in [0.3, 0.4) is 0 Å². The molecule has 1 fully saturated rings. The maximum atomic E-state index is 13.0. The molecule has 30 heavy (non-hydrogen) atoms. The molecule has 1 saturated heterocycles. The second-order valence-electron chi connectivity index (χ2n) is 8.21. The molecule has 0 spiro atoms. The van der Waals surface area contributed by atoms with E-state index in [9.17, 15) is 13.2 Å². The van der Waals surface area contributed by atoms with E-state index >= 15 is 0 Å². The van der Waals surface area contributed by atoms with Crippen molar-refractivity contribution < 1.29 is 17.7 Å². The van der Waals surface area contributed by atoms with E-state index < -0.39 is 20.8 Å². The number of hydrogen-bond donors (Lipinski definition) is 2. The van der Waals surface area contributed by atoms with Gasteiger partial charge in [0, 0.05) is 11.8 Å². The van der Waals surface area contributed by atoms with E-state index in [1.807, 2.05) is 26.0 Å². The molecule has 1 aromatic carbocycles. The summed E-state index contributed by atoms with van der Waals surface area (Å²) in [6.45, 7) is 4.33. The summed E-state index contributed by atoms with van der Waals surface area (Å²) in [5, 5.41) is 7.26. The van der Waals surface area contributed by atoms with Crippen LogP contribution in [0.2, 0.25) is 0 Å². The van der Waals surface area contributed by atoms with Crippen molar-refractivity contribution >= 4 is 20.9 Å². The zero-order chi connectivity index (χ0) is 21.3. The highest BCUT2D eigenvalue weighted by atomic mass is 32.2. The van der Waals surface area contributed by atoms with Gasteiger partial charge in [-0.3, -0.25) is 9.88 Å². The number of imidazole rings is 1. The Morgan fingerprint density at radius 3 is 2.70 bits per heavy atom. The number of nitrogens with one attached hydrogen (secondary N) is 2. The lowest BCUT2D eigenvalue weighted by Crippen LogP contribution is -2.62. The molecule has 0 saturated carbocycles. The van der Waals surface area contributed by atoms with Crippen LogP contribution >= 0.6 is 0 Å². The number of aryl methyl sites for hydroxylation is 2. The Kier molecular flexibility index (Phi) is 4.17. The van der Waals surface area contributed by atoms with Gasteiger partial charge < -0.3 is 14.2 Å². The van der Waals surface area contributed by atoms with Crippen molar-refractivity contribution in [3.8, 4) is 16.9 Å². The summed E-state index contributed by atoms with van der Waals surface area (Å²) in [7, 11) is -3.54. The predicted octanol–water partition coefficient (Wildman–Crippen LogP) is 2.05. The van der Waals surface area contributed by atoms with Crippen molar-refractivity contribution in [1.29, 1.82) is 0 Å². The summed E-state index contributed by atoms with van der Waals surface area (Å²) in [6, 6.07) is 3.00. The van der Waals surface area contributed by atoms with E-state index in [2.05, 4.69) is 15.5 Å². The summed E-state index contributed by atoms with van der Waals surface area (Å²) in [5.41, 5.74) is 3.15. The van der Waals surface area contributed by atoms with Crippen molar-refractivity contribution in [1.82, 2.24) is 20.0 Å². The van der Waals surface area contributed by atoms with E-state index in [1.165, 1.54) is 6.26 Å². The zero-order valence-electron chi connectivity index (χ0n) is 17.1. The largest absolute Gasteiger partial charge is 0.488 e. The fourth-order valence-electron chi connectivity index (χ4n) is 5.03. The quantitative estimate of drug-likeness (QED) is 0.650. The summed E-state index contributed by atoms with van der Waals surface area (Å²) in [6.07, 6.45) is 3.33. The maximum absolute atomic E-state index is 13.0. The molecule has 0 amide bonds. The van der Waals surface area contributed by atoms with Gasteiger partial charge in [0.05, 0.1) is 16.8 Å². The van der Waals surface area contributed by atoms with Crippen molar-refractivity contribution in [2.45, 2.75) is 44.0 Å². The second kappa shape index (κ2) is 6.45. The van der Waals surface area contributed by atoms with Crippen LogP contribution in [0.4, 0.5) is 0 Å². The highest BCUT2D eigenvalue weighted by Crippen LogP contribution is 2.45. The minimum Gasteiger partial charge on any atom is -0.488 e. The Balaban J connectivity index is 1.79. The number of aromatic amines is 1. The van der Waals surface area contributed by atoms with Crippen molar-refractivity contribution in [3.05, 3.63) is 34.1 Å². The average molecular weight is 433 g/mol. The Morgan fingerprint density at radius 1 is 1.27 bits per heavy atom. The molecule has 9 nitrogen and oxygen atoms in total. The minimum atomic E-state index is -3.54. The van der Waals surface area contributed by atoms with Gasteiger partial charge in [0.15, 0.2) is 15.6 Å². The molecular formula is C20H24N4O5S. The first-order chi connectivity index (χ1) is 14.2. The van der Waals surface area contributed by atoms with Crippen LogP contribution in [0.5, 0.6) is 5.75 Å². The number of aromatic nitrogens is 3. The van der Waals surface area contributed by atoms with E-state index in [0.29, 0.717) is 35.5 Å². The van der Waals surface area contributed by atoms with Gasteiger partial charge in [0.1, 0.15) is 28.8 Å². The first kappa shape index (κ1) is 19.4. The zero-order valence-corrected chi connectivity index (χ0v) is 17.9. The standard InChI is InChI=1S/C20H24N4O5S/c1-11-16(12(2)29-23-11)13-6-7-14-17-18(13)28-10-15(24(17)19(25)22-14)20(30(3,26)27)8-4-5-9-21-20/h6-7,15,21H,4-5,8-10H2,1-3H3,(H,22,25). The normalized spacial score (nSPS) is 24.2. The van der Waals surface area contributed by atoms with Crippen LogP contribution in [0, 0.1) is 13.8 Å². The molecule has 3 aromatic rings. The Hall–Kier alpha value is -2.59. The molecule has 2 aromatic heterocycles. The third-order valence-corrected chi connectivity index (χ3v) is 8.38. The smallest absolute Gasteiger partial charge is 0.327 e. The highest BCUT2D eigenvalue weighted by Gasteiger charge is 2.52. The number of piperidine rings is 1. The van der Waals surface area contributed by atoms with Gasteiger partial charge >= 0.3 is 5.69 Å². The average Bonchev–Trinajstić information content (AvgIpc) is 3.22. The molecule has 2 atom stereocenters. The fraction of sp³-hybridized carbons (Fsp3) is 0.500.